The molecule has 38 heavy (non-hydrogen) atoms. The minimum absolute atomic E-state index is 0.0469. The number of hydrogen-bond acceptors (Lipinski definition) is 4. The van der Waals surface area contributed by atoms with Crippen molar-refractivity contribution in [2.45, 2.75) is 40.0 Å². The molecule has 0 saturated carbocycles. The first kappa shape index (κ1) is 25.0. The molecule has 0 bridgehead atoms. The summed E-state index contributed by atoms with van der Waals surface area (Å²) in [5, 5.41) is 17.6. The molecule has 2 N–H and O–H groups in total. The Hall–Kier alpha value is -4.65. The second-order valence-corrected chi connectivity index (χ2v) is 10.5. The van der Waals surface area contributed by atoms with Crippen molar-refractivity contribution in [2.24, 2.45) is 0 Å². The van der Waals surface area contributed by atoms with E-state index in [1.54, 1.807) is 29.1 Å². The van der Waals surface area contributed by atoms with E-state index in [4.69, 9.17) is 4.42 Å². The zero-order valence-corrected chi connectivity index (χ0v) is 22.0. The van der Waals surface area contributed by atoms with E-state index >= 15 is 0 Å². The van der Waals surface area contributed by atoms with E-state index in [0.29, 0.717) is 16.5 Å². The van der Waals surface area contributed by atoms with Gasteiger partial charge in [-0.2, -0.15) is 5.10 Å². The van der Waals surface area contributed by atoms with Crippen LogP contribution in [0.1, 0.15) is 58.4 Å². The fraction of sp³-hybridized carbons (Fsp3) is 0.194. The molecule has 0 atom stereocenters. The van der Waals surface area contributed by atoms with Gasteiger partial charge in [-0.3, -0.25) is 4.79 Å². The second kappa shape index (κ2) is 9.34. The SMILES string of the molecule is Cc1ccc(-n2cc(-c3ccc4oc(C(=O)O)c(NC(=O)c5ccc(C(C)(C)C)cc5)c4c3)cn2)cc1C. The summed E-state index contributed by atoms with van der Waals surface area (Å²) in [6, 6.07) is 18.8. The van der Waals surface area contributed by atoms with Crippen LogP contribution in [0.5, 0.6) is 0 Å². The Morgan fingerprint density at radius 1 is 0.921 bits per heavy atom. The van der Waals surface area contributed by atoms with Gasteiger partial charge in [0.1, 0.15) is 11.3 Å². The fourth-order valence-corrected chi connectivity index (χ4v) is 4.34. The predicted molar refractivity (Wildman–Crippen MR) is 148 cm³/mol. The molecule has 2 aromatic heterocycles. The summed E-state index contributed by atoms with van der Waals surface area (Å²) >= 11 is 0. The first-order valence-electron chi connectivity index (χ1n) is 12.4. The van der Waals surface area contributed by atoms with Gasteiger partial charge in [0.15, 0.2) is 0 Å². The van der Waals surface area contributed by atoms with Crippen LogP contribution in [-0.4, -0.2) is 26.8 Å². The molecule has 0 saturated heterocycles. The molecule has 3 aromatic carbocycles. The number of carbonyl (C=O) groups excluding carboxylic acids is 1. The van der Waals surface area contributed by atoms with Crippen LogP contribution in [0.15, 0.2) is 77.5 Å². The molecule has 2 heterocycles. The molecule has 5 rings (SSSR count). The van der Waals surface area contributed by atoms with Crippen LogP contribution in [0.25, 0.3) is 27.8 Å². The standard InChI is InChI=1S/C31H29N3O4/c1-18-6-12-24(14-19(18)2)34-17-22(16-32-34)21-9-13-26-25(15-21)27(28(38-26)30(36)37)33-29(35)20-7-10-23(11-8-20)31(3,4)5/h6-17H,1-5H3,(H,33,35)(H,36,37). The number of aromatic nitrogens is 2. The number of nitrogens with one attached hydrogen (secondary N) is 1. The van der Waals surface area contributed by atoms with Gasteiger partial charge in [0.25, 0.3) is 5.91 Å². The van der Waals surface area contributed by atoms with E-state index in [0.717, 1.165) is 22.4 Å². The van der Waals surface area contributed by atoms with Gasteiger partial charge >= 0.3 is 5.97 Å². The topological polar surface area (TPSA) is 97.4 Å². The molecule has 0 spiro atoms. The molecule has 0 aliphatic heterocycles. The highest BCUT2D eigenvalue weighted by Gasteiger charge is 2.23. The van der Waals surface area contributed by atoms with Crippen molar-refractivity contribution in [1.82, 2.24) is 9.78 Å². The summed E-state index contributed by atoms with van der Waals surface area (Å²) in [5.41, 5.74) is 6.96. The lowest BCUT2D eigenvalue weighted by molar-refractivity contribution is 0.0666. The van der Waals surface area contributed by atoms with Crippen LogP contribution in [0.3, 0.4) is 0 Å². The summed E-state index contributed by atoms with van der Waals surface area (Å²) in [5.74, 6) is -1.99. The van der Waals surface area contributed by atoms with Crippen LogP contribution in [0, 0.1) is 13.8 Å². The molecule has 1 amide bonds. The van der Waals surface area contributed by atoms with Gasteiger partial charge in [-0.1, -0.05) is 45.0 Å². The summed E-state index contributed by atoms with van der Waals surface area (Å²) in [4.78, 5) is 25.1. The van der Waals surface area contributed by atoms with E-state index < -0.39 is 11.9 Å². The lowest BCUT2D eigenvalue weighted by Crippen LogP contribution is -2.15. The molecule has 0 fully saturated rings. The van der Waals surface area contributed by atoms with E-state index in [2.05, 4.69) is 57.2 Å². The number of hydrogen-bond donors (Lipinski definition) is 2. The van der Waals surface area contributed by atoms with Crippen LogP contribution in [0.2, 0.25) is 0 Å². The third-order valence-electron chi connectivity index (χ3n) is 6.80. The number of nitrogens with zero attached hydrogens (tertiary/aromatic N) is 2. The summed E-state index contributed by atoms with van der Waals surface area (Å²) in [6.45, 7) is 10.4. The average Bonchev–Trinajstić information content (AvgIpc) is 3.51. The van der Waals surface area contributed by atoms with Crippen molar-refractivity contribution in [3.63, 3.8) is 0 Å². The van der Waals surface area contributed by atoms with E-state index in [-0.39, 0.29) is 16.9 Å². The lowest BCUT2D eigenvalue weighted by atomic mass is 9.87. The maximum atomic E-state index is 13.1. The fourth-order valence-electron chi connectivity index (χ4n) is 4.34. The van der Waals surface area contributed by atoms with Crippen LogP contribution in [-0.2, 0) is 5.41 Å². The number of carbonyl (C=O) groups is 2. The number of carboxylic acids is 1. The molecular formula is C31H29N3O4. The van der Waals surface area contributed by atoms with Crippen LogP contribution in [0.4, 0.5) is 5.69 Å². The Labute approximate surface area is 220 Å². The number of anilines is 1. The number of amides is 1. The Kier molecular flexibility index (Phi) is 6.15. The Balaban J connectivity index is 1.50. The lowest BCUT2D eigenvalue weighted by Gasteiger charge is -2.19. The Morgan fingerprint density at radius 3 is 2.32 bits per heavy atom. The third kappa shape index (κ3) is 4.70. The minimum atomic E-state index is -1.26. The maximum absolute atomic E-state index is 13.1. The largest absolute Gasteiger partial charge is 0.475 e. The summed E-state index contributed by atoms with van der Waals surface area (Å²) < 4.78 is 7.42. The van der Waals surface area contributed by atoms with E-state index in [1.807, 2.05) is 36.5 Å². The number of carboxylic acid groups (broad SMARTS) is 1. The first-order valence-corrected chi connectivity index (χ1v) is 12.4. The molecule has 0 aliphatic rings. The molecule has 7 nitrogen and oxygen atoms in total. The van der Waals surface area contributed by atoms with Crippen molar-refractivity contribution in [3.8, 4) is 16.8 Å². The highest BCUT2D eigenvalue weighted by Crippen LogP contribution is 2.35. The Bertz CT molecular complexity index is 1680. The van der Waals surface area contributed by atoms with E-state index in [9.17, 15) is 14.7 Å². The second-order valence-electron chi connectivity index (χ2n) is 10.5. The molecule has 192 valence electrons. The molecule has 0 unspecified atom stereocenters. The Morgan fingerprint density at radius 2 is 1.66 bits per heavy atom. The summed E-state index contributed by atoms with van der Waals surface area (Å²) in [7, 11) is 0. The zero-order chi connectivity index (χ0) is 27.2. The number of furan rings is 1. The summed E-state index contributed by atoms with van der Waals surface area (Å²) in [6.07, 6.45) is 3.67. The van der Waals surface area contributed by atoms with Crippen molar-refractivity contribution in [1.29, 1.82) is 0 Å². The highest BCUT2D eigenvalue weighted by molar-refractivity contribution is 6.13. The van der Waals surface area contributed by atoms with Gasteiger partial charge in [0.2, 0.25) is 5.76 Å². The minimum Gasteiger partial charge on any atom is -0.475 e. The first-order chi connectivity index (χ1) is 18.0. The van der Waals surface area contributed by atoms with Gasteiger partial charge in [-0.05, 0) is 77.9 Å². The number of aryl methyl sites for hydroxylation is 2. The van der Waals surface area contributed by atoms with Crippen molar-refractivity contribution in [2.75, 3.05) is 5.32 Å². The third-order valence-corrected chi connectivity index (χ3v) is 6.80. The average molecular weight is 508 g/mol. The monoisotopic (exact) mass is 507 g/mol. The van der Waals surface area contributed by atoms with Crippen LogP contribution < -0.4 is 5.32 Å². The number of rotatable bonds is 5. The van der Waals surface area contributed by atoms with Crippen LogP contribution >= 0.6 is 0 Å². The van der Waals surface area contributed by atoms with Gasteiger partial charge in [-0.15, -0.1) is 0 Å². The molecule has 5 aromatic rings. The van der Waals surface area contributed by atoms with E-state index in [1.165, 1.54) is 11.1 Å². The van der Waals surface area contributed by atoms with Crippen molar-refractivity contribution in [3.05, 3.63) is 101 Å². The molecular weight excluding hydrogens is 478 g/mol. The molecule has 0 radical (unpaired) electrons. The predicted octanol–water partition coefficient (Wildman–Crippen LogP) is 7.15. The van der Waals surface area contributed by atoms with Crippen molar-refractivity contribution >= 4 is 28.5 Å². The normalized spacial score (nSPS) is 11.6. The van der Waals surface area contributed by atoms with Gasteiger partial charge in [0, 0.05) is 22.7 Å². The number of aromatic carboxylic acids is 1. The van der Waals surface area contributed by atoms with Gasteiger partial charge in [0.05, 0.1) is 11.9 Å². The molecule has 7 heteroatoms. The number of fused-ring (bicyclic) bond motifs is 1. The maximum Gasteiger partial charge on any atom is 0.374 e. The molecule has 0 aliphatic carbocycles. The van der Waals surface area contributed by atoms with Gasteiger partial charge in [-0.25, -0.2) is 9.48 Å². The highest BCUT2D eigenvalue weighted by atomic mass is 16.4. The smallest absolute Gasteiger partial charge is 0.374 e. The quantitative estimate of drug-likeness (QED) is 0.263. The van der Waals surface area contributed by atoms with Crippen molar-refractivity contribution < 1.29 is 19.1 Å². The number of benzene rings is 3. The van der Waals surface area contributed by atoms with Gasteiger partial charge < -0.3 is 14.8 Å². The zero-order valence-electron chi connectivity index (χ0n) is 22.0.